The molecule has 1 aliphatic heterocycles. The number of aryl methyl sites for hydroxylation is 1. The van der Waals surface area contributed by atoms with Crippen LogP contribution in [0.4, 0.5) is 11.5 Å². The van der Waals surface area contributed by atoms with Crippen molar-refractivity contribution in [1.29, 1.82) is 0 Å². The first-order chi connectivity index (χ1) is 12.3. The average Bonchev–Trinajstić information content (AvgIpc) is 2.79. The summed E-state index contributed by atoms with van der Waals surface area (Å²) in [6.45, 7) is 0. The number of nitrogens with zero attached hydrogens (tertiary/aromatic N) is 3. The number of benzene rings is 1. The van der Waals surface area contributed by atoms with E-state index in [1.54, 1.807) is 6.20 Å². The lowest BCUT2D eigenvalue weighted by Gasteiger charge is -2.23. The van der Waals surface area contributed by atoms with Crippen molar-refractivity contribution in [2.75, 3.05) is 11.1 Å². The maximum absolute atomic E-state index is 6.23. The van der Waals surface area contributed by atoms with Crippen molar-refractivity contribution in [2.24, 2.45) is 0 Å². The minimum Gasteiger partial charge on any atom is -0.382 e. The normalized spacial score (nSPS) is 17.0. The molecule has 1 aliphatic carbocycles. The average molecular weight is 331 g/mol. The molecule has 0 amide bonds. The number of nitrogens with one attached hydrogen (secondary N) is 1. The van der Waals surface area contributed by atoms with Crippen LogP contribution < -0.4 is 11.1 Å². The standard InChI is InChI=1S/C20H21N5/c21-19-18-17(15-8-7-13-4-1-2-9-22-16(13)12-15)24-20(14-5-3-6-14)25(18)11-10-23-19/h2,7-12,14,22H,1,3-6H2,(H2,21,23). The summed E-state index contributed by atoms with van der Waals surface area (Å²) < 4.78 is 2.14. The van der Waals surface area contributed by atoms with Gasteiger partial charge in [-0.1, -0.05) is 24.6 Å². The Morgan fingerprint density at radius 1 is 1.24 bits per heavy atom. The second kappa shape index (κ2) is 5.62. The highest BCUT2D eigenvalue weighted by molar-refractivity contribution is 5.86. The molecule has 5 heteroatoms. The summed E-state index contributed by atoms with van der Waals surface area (Å²) in [7, 11) is 0. The van der Waals surface area contributed by atoms with Gasteiger partial charge in [-0.2, -0.15) is 0 Å². The topological polar surface area (TPSA) is 68.2 Å². The molecule has 0 spiro atoms. The van der Waals surface area contributed by atoms with Gasteiger partial charge in [0.2, 0.25) is 0 Å². The summed E-state index contributed by atoms with van der Waals surface area (Å²) in [6.07, 6.45) is 13.8. The fourth-order valence-corrected chi connectivity index (χ4v) is 3.79. The lowest BCUT2D eigenvalue weighted by atomic mass is 9.85. The first kappa shape index (κ1) is 14.5. The summed E-state index contributed by atoms with van der Waals surface area (Å²) in [6, 6.07) is 6.54. The van der Waals surface area contributed by atoms with Gasteiger partial charge in [-0.25, -0.2) is 9.97 Å². The number of hydrogen-bond donors (Lipinski definition) is 2. The fourth-order valence-electron chi connectivity index (χ4n) is 3.79. The van der Waals surface area contributed by atoms with Gasteiger partial charge in [-0.05, 0) is 43.5 Å². The number of nitrogens with two attached hydrogens (primary N) is 1. The van der Waals surface area contributed by atoms with Crippen LogP contribution in [0.5, 0.6) is 0 Å². The molecule has 1 saturated carbocycles. The summed E-state index contributed by atoms with van der Waals surface area (Å²) in [4.78, 5) is 9.31. The van der Waals surface area contributed by atoms with E-state index in [4.69, 9.17) is 10.7 Å². The van der Waals surface area contributed by atoms with Gasteiger partial charge in [-0.3, -0.25) is 4.40 Å². The van der Waals surface area contributed by atoms with E-state index in [9.17, 15) is 0 Å². The van der Waals surface area contributed by atoms with Crippen LogP contribution in [-0.2, 0) is 6.42 Å². The zero-order valence-corrected chi connectivity index (χ0v) is 14.1. The smallest absolute Gasteiger partial charge is 0.150 e. The minimum atomic E-state index is 0.532. The molecular formula is C20H21N5. The molecule has 2 aliphatic rings. The largest absolute Gasteiger partial charge is 0.382 e. The maximum atomic E-state index is 6.23. The molecule has 5 rings (SSSR count). The predicted octanol–water partition coefficient (Wildman–Crippen LogP) is 4.12. The van der Waals surface area contributed by atoms with Crippen molar-refractivity contribution in [1.82, 2.24) is 14.4 Å². The molecule has 126 valence electrons. The SMILES string of the molecule is Nc1nccn2c(C3CCC3)nc(-c3ccc4c(c3)NC=CCC4)c12. The second-order valence-corrected chi connectivity index (χ2v) is 6.93. The Labute approximate surface area is 146 Å². The third-order valence-corrected chi connectivity index (χ3v) is 5.40. The van der Waals surface area contributed by atoms with Crippen LogP contribution in [0.3, 0.4) is 0 Å². The quantitative estimate of drug-likeness (QED) is 0.741. The summed E-state index contributed by atoms with van der Waals surface area (Å²) in [5.74, 6) is 2.19. The minimum absolute atomic E-state index is 0.532. The molecule has 1 fully saturated rings. The first-order valence-corrected chi connectivity index (χ1v) is 8.98. The number of allylic oxidation sites excluding steroid dienone is 1. The van der Waals surface area contributed by atoms with Crippen LogP contribution in [0.1, 0.15) is 43.0 Å². The van der Waals surface area contributed by atoms with Crippen LogP contribution in [0.15, 0.2) is 42.9 Å². The number of imidazole rings is 1. The molecular weight excluding hydrogens is 310 g/mol. The number of aromatic nitrogens is 3. The zero-order valence-electron chi connectivity index (χ0n) is 14.1. The van der Waals surface area contributed by atoms with E-state index in [0.29, 0.717) is 11.7 Å². The van der Waals surface area contributed by atoms with Gasteiger partial charge in [0.1, 0.15) is 22.9 Å². The van der Waals surface area contributed by atoms with E-state index < -0.39 is 0 Å². The van der Waals surface area contributed by atoms with Crippen molar-refractivity contribution in [3.05, 3.63) is 54.3 Å². The van der Waals surface area contributed by atoms with Crippen LogP contribution in [-0.4, -0.2) is 14.4 Å². The van der Waals surface area contributed by atoms with E-state index in [0.717, 1.165) is 41.1 Å². The van der Waals surface area contributed by atoms with Crippen LogP contribution in [0.25, 0.3) is 16.8 Å². The summed E-state index contributed by atoms with van der Waals surface area (Å²) in [5, 5.41) is 3.39. The van der Waals surface area contributed by atoms with E-state index in [-0.39, 0.29) is 0 Å². The highest BCUT2D eigenvalue weighted by atomic mass is 15.1. The zero-order chi connectivity index (χ0) is 16.8. The molecule has 3 N–H and O–H groups in total. The Hall–Kier alpha value is -2.82. The number of hydrogen-bond acceptors (Lipinski definition) is 4. The number of fused-ring (bicyclic) bond motifs is 2. The van der Waals surface area contributed by atoms with Gasteiger partial charge in [-0.15, -0.1) is 0 Å². The van der Waals surface area contributed by atoms with Gasteiger partial charge in [0, 0.05) is 29.6 Å². The van der Waals surface area contributed by atoms with E-state index >= 15 is 0 Å². The van der Waals surface area contributed by atoms with E-state index in [1.165, 1.54) is 24.8 Å². The van der Waals surface area contributed by atoms with Crippen LogP contribution >= 0.6 is 0 Å². The molecule has 3 heterocycles. The van der Waals surface area contributed by atoms with E-state index in [2.05, 4.69) is 39.0 Å². The molecule has 5 nitrogen and oxygen atoms in total. The monoisotopic (exact) mass is 331 g/mol. The Kier molecular flexibility index (Phi) is 3.26. The molecule has 0 saturated heterocycles. The third kappa shape index (κ3) is 2.30. The fraction of sp³-hybridized carbons (Fsp3) is 0.300. The maximum Gasteiger partial charge on any atom is 0.150 e. The highest BCUT2D eigenvalue weighted by Crippen LogP contribution is 2.39. The highest BCUT2D eigenvalue weighted by Gasteiger charge is 2.27. The van der Waals surface area contributed by atoms with Crippen LogP contribution in [0.2, 0.25) is 0 Å². The van der Waals surface area contributed by atoms with Crippen LogP contribution in [0, 0.1) is 0 Å². The summed E-state index contributed by atoms with van der Waals surface area (Å²) >= 11 is 0. The van der Waals surface area contributed by atoms with Crippen molar-refractivity contribution < 1.29 is 0 Å². The molecule has 25 heavy (non-hydrogen) atoms. The molecule has 0 radical (unpaired) electrons. The van der Waals surface area contributed by atoms with Crippen molar-refractivity contribution in [2.45, 2.75) is 38.0 Å². The summed E-state index contributed by atoms with van der Waals surface area (Å²) in [5.41, 5.74) is 11.7. The molecule has 0 unspecified atom stereocenters. The van der Waals surface area contributed by atoms with Gasteiger partial charge in [0.05, 0.1) is 0 Å². The van der Waals surface area contributed by atoms with Gasteiger partial charge in [0.25, 0.3) is 0 Å². The second-order valence-electron chi connectivity index (χ2n) is 6.93. The molecule has 2 aromatic heterocycles. The molecule has 1 aromatic carbocycles. The Morgan fingerprint density at radius 2 is 2.16 bits per heavy atom. The number of rotatable bonds is 2. The molecule has 0 bridgehead atoms. The first-order valence-electron chi connectivity index (χ1n) is 8.98. The van der Waals surface area contributed by atoms with Crippen molar-refractivity contribution >= 4 is 17.0 Å². The van der Waals surface area contributed by atoms with Crippen molar-refractivity contribution in [3.8, 4) is 11.3 Å². The number of anilines is 2. The Morgan fingerprint density at radius 3 is 3.00 bits per heavy atom. The lowest BCUT2D eigenvalue weighted by molar-refractivity contribution is 0.400. The van der Waals surface area contributed by atoms with Gasteiger partial charge < -0.3 is 11.1 Å². The lowest BCUT2D eigenvalue weighted by Crippen LogP contribution is -2.12. The Bertz CT molecular complexity index is 981. The molecule has 3 aromatic rings. The van der Waals surface area contributed by atoms with Gasteiger partial charge in [0.15, 0.2) is 0 Å². The van der Waals surface area contributed by atoms with Gasteiger partial charge >= 0.3 is 0 Å². The third-order valence-electron chi connectivity index (χ3n) is 5.40. The van der Waals surface area contributed by atoms with Crippen molar-refractivity contribution in [3.63, 3.8) is 0 Å². The predicted molar refractivity (Wildman–Crippen MR) is 101 cm³/mol. The molecule has 0 atom stereocenters. The van der Waals surface area contributed by atoms with E-state index in [1.807, 2.05) is 12.4 Å². The Balaban J connectivity index is 1.70. The number of nitrogen functional groups attached to an aromatic ring is 1.